The van der Waals surface area contributed by atoms with E-state index in [9.17, 15) is 4.79 Å². The largest absolute Gasteiger partial charge is 0.369 e. The van der Waals surface area contributed by atoms with Crippen molar-refractivity contribution in [3.63, 3.8) is 0 Å². The quantitative estimate of drug-likeness (QED) is 0.671. The van der Waals surface area contributed by atoms with Crippen molar-refractivity contribution in [3.05, 3.63) is 18.0 Å². The molecule has 1 aliphatic carbocycles. The molecule has 2 atom stereocenters. The van der Waals surface area contributed by atoms with Crippen LogP contribution in [0.25, 0.3) is 0 Å². The van der Waals surface area contributed by atoms with Crippen LogP contribution in [0.15, 0.2) is 12.4 Å². The van der Waals surface area contributed by atoms with Crippen molar-refractivity contribution >= 4 is 5.91 Å². The van der Waals surface area contributed by atoms with E-state index in [1.165, 1.54) is 0 Å². The molecule has 0 radical (unpaired) electrons. The summed E-state index contributed by atoms with van der Waals surface area (Å²) in [6.45, 7) is 0. The van der Waals surface area contributed by atoms with E-state index in [1.807, 2.05) is 13.2 Å². The highest BCUT2D eigenvalue weighted by molar-refractivity contribution is 5.81. The molecule has 2 N–H and O–H groups in total. The summed E-state index contributed by atoms with van der Waals surface area (Å²) in [6.07, 6.45) is 4.63. The van der Waals surface area contributed by atoms with Gasteiger partial charge >= 0.3 is 0 Å². The molecular formula is C8H11N3O. The minimum absolute atomic E-state index is 0.0502. The van der Waals surface area contributed by atoms with Crippen molar-refractivity contribution in [2.75, 3.05) is 0 Å². The Morgan fingerprint density at radius 3 is 3.00 bits per heavy atom. The summed E-state index contributed by atoms with van der Waals surface area (Å²) in [5.74, 6) is 0.189. The number of amides is 1. The van der Waals surface area contributed by atoms with E-state index in [4.69, 9.17) is 5.73 Å². The van der Waals surface area contributed by atoms with Gasteiger partial charge in [-0.1, -0.05) is 0 Å². The summed E-state index contributed by atoms with van der Waals surface area (Å²) in [6, 6.07) is 0. The van der Waals surface area contributed by atoms with Crippen LogP contribution in [0.4, 0.5) is 0 Å². The lowest BCUT2D eigenvalue weighted by molar-refractivity contribution is -0.119. The van der Waals surface area contributed by atoms with Crippen LogP contribution >= 0.6 is 0 Å². The molecule has 0 aliphatic heterocycles. The predicted molar refractivity (Wildman–Crippen MR) is 43.3 cm³/mol. The molecule has 4 nitrogen and oxygen atoms in total. The average molecular weight is 165 g/mol. The van der Waals surface area contributed by atoms with E-state index in [-0.39, 0.29) is 11.8 Å². The van der Waals surface area contributed by atoms with Crippen LogP contribution in [0.1, 0.15) is 17.9 Å². The van der Waals surface area contributed by atoms with Crippen molar-refractivity contribution in [1.82, 2.24) is 9.78 Å². The Labute approximate surface area is 70.4 Å². The van der Waals surface area contributed by atoms with Crippen LogP contribution < -0.4 is 5.73 Å². The lowest BCUT2D eigenvalue weighted by atomic mass is 10.2. The van der Waals surface area contributed by atoms with E-state index in [2.05, 4.69) is 5.10 Å². The Morgan fingerprint density at radius 2 is 2.58 bits per heavy atom. The number of carbonyl (C=O) groups is 1. The van der Waals surface area contributed by atoms with Gasteiger partial charge in [0.05, 0.1) is 6.20 Å². The Bertz CT molecular complexity index is 318. The second-order valence-electron chi connectivity index (χ2n) is 3.30. The second kappa shape index (κ2) is 2.33. The standard InChI is InChI=1S/C8H11N3O/c1-11-4-5(3-10-11)6-2-7(6)8(9)12/h3-4,6-7H,2H2,1H3,(H2,9,12)/t6-,7-/m1/s1. The summed E-state index contributed by atoms with van der Waals surface area (Å²) >= 11 is 0. The summed E-state index contributed by atoms with van der Waals surface area (Å²) in [5.41, 5.74) is 6.29. The Balaban J connectivity index is 2.10. The molecule has 1 aromatic rings. The average Bonchev–Trinajstić information content (AvgIpc) is 2.70. The number of hydrogen-bond acceptors (Lipinski definition) is 2. The molecule has 1 aliphatic rings. The fourth-order valence-corrected chi connectivity index (χ4v) is 1.51. The maximum Gasteiger partial charge on any atom is 0.221 e. The zero-order valence-corrected chi connectivity index (χ0v) is 6.90. The molecule has 0 unspecified atom stereocenters. The van der Waals surface area contributed by atoms with Crippen LogP contribution in [-0.2, 0) is 11.8 Å². The molecule has 2 rings (SSSR count). The molecule has 64 valence electrons. The van der Waals surface area contributed by atoms with Gasteiger partial charge in [0, 0.05) is 19.2 Å². The van der Waals surface area contributed by atoms with Gasteiger partial charge in [-0.3, -0.25) is 9.48 Å². The molecule has 0 aromatic carbocycles. The number of hydrogen-bond donors (Lipinski definition) is 1. The number of nitrogens with two attached hydrogens (primary N) is 1. The van der Waals surface area contributed by atoms with Crippen molar-refractivity contribution in [3.8, 4) is 0 Å². The number of aromatic nitrogens is 2. The lowest BCUT2D eigenvalue weighted by Crippen LogP contribution is -2.13. The van der Waals surface area contributed by atoms with Gasteiger partial charge in [-0.15, -0.1) is 0 Å². The van der Waals surface area contributed by atoms with E-state index in [1.54, 1.807) is 10.9 Å². The number of rotatable bonds is 2. The van der Waals surface area contributed by atoms with E-state index in [0.29, 0.717) is 5.92 Å². The highest BCUT2D eigenvalue weighted by atomic mass is 16.1. The van der Waals surface area contributed by atoms with Crippen LogP contribution in [0.2, 0.25) is 0 Å². The predicted octanol–water partition coefficient (Wildman–Crippen LogP) is 0.00890. The molecule has 1 heterocycles. The van der Waals surface area contributed by atoms with Gasteiger partial charge in [0.2, 0.25) is 5.91 Å². The minimum atomic E-state index is -0.191. The number of primary amides is 1. The van der Waals surface area contributed by atoms with E-state index >= 15 is 0 Å². The van der Waals surface area contributed by atoms with Crippen LogP contribution in [0, 0.1) is 5.92 Å². The molecule has 1 fully saturated rings. The molecule has 4 heteroatoms. The van der Waals surface area contributed by atoms with Gasteiger partial charge in [-0.25, -0.2) is 0 Å². The molecule has 1 saturated carbocycles. The number of carbonyl (C=O) groups excluding carboxylic acids is 1. The monoisotopic (exact) mass is 165 g/mol. The maximum atomic E-state index is 10.7. The summed E-state index contributed by atoms with van der Waals surface area (Å²) in [4.78, 5) is 10.7. The van der Waals surface area contributed by atoms with Gasteiger partial charge in [0.25, 0.3) is 0 Å². The maximum absolute atomic E-state index is 10.7. The fraction of sp³-hybridized carbons (Fsp3) is 0.500. The summed E-state index contributed by atoms with van der Waals surface area (Å²) < 4.78 is 1.74. The van der Waals surface area contributed by atoms with E-state index in [0.717, 1.165) is 12.0 Å². The highest BCUT2D eigenvalue weighted by Gasteiger charge is 2.43. The first-order valence-electron chi connectivity index (χ1n) is 3.96. The third kappa shape index (κ3) is 1.09. The topological polar surface area (TPSA) is 60.9 Å². The summed E-state index contributed by atoms with van der Waals surface area (Å²) in [5, 5.41) is 4.04. The molecule has 1 amide bonds. The van der Waals surface area contributed by atoms with Crippen LogP contribution in [0.5, 0.6) is 0 Å². The van der Waals surface area contributed by atoms with Gasteiger partial charge in [0.1, 0.15) is 0 Å². The third-order valence-corrected chi connectivity index (χ3v) is 2.31. The van der Waals surface area contributed by atoms with Crippen molar-refractivity contribution in [2.45, 2.75) is 12.3 Å². The second-order valence-corrected chi connectivity index (χ2v) is 3.30. The van der Waals surface area contributed by atoms with Crippen LogP contribution in [-0.4, -0.2) is 15.7 Å². The number of nitrogens with zero attached hydrogens (tertiary/aromatic N) is 2. The summed E-state index contributed by atoms with van der Waals surface area (Å²) in [7, 11) is 1.87. The highest BCUT2D eigenvalue weighted by Crippen LogP contribution is 2.46. The molecule has 0 bridgehead atoms. The van der Waals surface area contributed by atoms with E-state index < -0.39 is 0 Å². The molecule has 0 saturated heterocycles. The molecular weight excluding hydrogens is 154 g/mol. The van der Waals surface area contributed by atoms with Crippen molar-refractivity contribution in [2.24, 2.45) is 18.7 Å². The zero-order valence-electron chi connectivity index (χ0n) is 6.90. The lowest BCUT2D eigenvalue weighted by Gasteiger charge is -1.90. The molecule has 0 spiro atoms. The number of aryl methyl sites for hydroxylation is 1. The van der Waals surface area contributed by atoms with Crippen molar-refractivity contribution < 1.29 is 4.79 Å². The van der Waals surface area contributed by atoms with Crippen LogP contribution in [0.3, 0.4) is 0 Å². The SMILES string of the molecule is Cn1cc([C@H]2C[C@H]2C(N)=O)cn1. The smallest absolute Gasteiger partial charge is 0.221 e. The first-order chi connectivity index (χ1) is 5.68. The fourth-order valence-electron chi connectivity index (χ4n) is 1.51. The van der Waals surface area contributed by atoms with Gasteiger partial charge in [-0.05, 0) is 17.9 Å². The Hall–Kier alpha value is -1.32. The zero-order chi connectivity index (χ0) is 8.72. The van der Waals surface area contributed by atoms with Crippen molar-refractivity contribution in [1.29, 1.82) is 0 Å². The van der Waals surface area contributed by atoms with Gasteiger partial charge in [-0.2, -0.15) is 5.10 Å². The van der Waals surface area contributed by atoms with Gasteiger partial charge in [0.15, 0.2) is 0 Å². The normalized spacial score (nSPS) is 27.1. The Kier molecular flexibility index (Phi) is 1.43. The Morgan fingerprint density at radius 1 is 1.83 bits per heavy atom. The first kappa shape index (κ1) is 7.34. The first-order valence-corrected chi connectivity index (χ1v) is 3.96. The minimum Gasteiger partial charge on any atom is -0.369 e. The van der Waals surface area contributed by atoms with Gasteiger partial charge < -0.3 is 5.73 Å². The molecule has 12 heavy (non-hydrogen) atoms. The molecule has 1 aromatic heterocycles. The third-order valence-electron chi connectivity index (χ3n) is 2.31.